The summed E-state index contributed by atoms with van der Waals surface area (Å²) in [6.45, 7) is 3.66. The number of carbonyl (C=O) groups excluding carboxylic acids is 1. The first-order chi connectivity index (χ1) is 17.1. The number of carbonyl (C=O) groups is 2. The minimum Gasteiger partial charge on any atom is -0.480 e. The third-order valence-corrected chi connectivity index (χ3v) is 7.76. The second kappa shape index (κ2) is 12.3. The zero-order valence-corrected chi connectivity index (χ0v) is 21.3. The van der Waals surface area contributed by atoms with Crippen LogP contribution in [0.2, 0.25) is 0 Å². The van der Waals surface area contributed by atoms with Gasteiger partial charge in [0.15, 0.2) is 0 Å². The number of aryl methyl sites for hydroxylation is 1. The number of amides is 1. The van der Waals surface area contributed by atoms with E-state index < -0.39 is 37.3 Å². The van der Waals surface area contributed by atoms with Crippen LogP contribution < -0.4 is 10.6 Å². The lowest BCUT2D eigenvalue weighted by atomic mass is 9.97. The number of H-pyrrole nitrogens is 1. The van der Waals surface area contributed by atoms with Crippen molar-refractivity contribution in [2.24, 2.45) is 5.92 Å². The van der Waals surface area contributed by atoms with E-state index in [9.17, 15) is 29.0 Å². The maximum Gasteiger partial charge on any atom is 0.342 e. The first-order valence-electron chi connectivity index (χ1n) is 12.0. The Labute approximate surface area is 210 Å². The van der Waals surface area contributed by atoms with Crippen molar-refractivity contribution in [2.75, 3.05) is 0 Å². The second-order valence-electron chi connectivity index (χ2n) is 9.12. The van der Waals surface area contributed by atoms with Crippen molar-refractivity contribution < 1.29 is 29.0 Å². The standard InChI is InChI=1S/C26H34N3O6P/c1-3-17(2)24(29-23(36(33,34)35)14-13-18-9-5-4-6-10-18)25(30)28-22(26(31)32)15-19-16-27-21-12-8-7-11-20(19)21/h4-12,16-17,22-24,27,29H,3,13-15H2,1-2H3,(H,28,30)(H,31,32)(H2,33,34,35)/t17?,22-,23?,24-/m0/s1. The molecule has 0 bridgehead atoms. The summed E-state index contributed by atoms with van der Waals surface area (Å²) >= 11 is 0. The first kappa shape index (κ1) is 27.6. The van der Waals surface area contributed by atoms with E-state index in [0.29, 0.717) is 12.8 Å². The average Bonchev–Trinajstić information content (AvgIpc) is 3.25. The van der Waals surface area contributed by atoms with Gasteiger partial charge in [0.1, 0.15) is 11.8 Å². The number of carboxylic acid groups (broad SMARTS) is 1. The average molecular weight is 516 g/mol. The van der Waals surface area contributed by atoms with Crippen LogP contribution in [-0.2, 0) is 27.0 Å². The van der Waals surface area contributed by atoms with E-state index in [1.807, 2.05) is 61.5 Å². The molecular formula is C26H34N3O6P. The van der Waals surface area contributed by atoms with Crippen molar-refractivity contribution in [3.8, 4) is 0 Å². The van der Waals surface area contributed by atoms with Gasteiger partial charge in [-0.1, -0.05) is 68.8 Å². The Balaban J connectivity index is 1.76. The van der Waals surface area contributed by atoms with Crippen LogP contribution in [0, 0.1) is 5.92 Å². The van der Waals surface area contributed by atoms with Crippen molar-refractivity contribution in [3.63, 3.8) is 0 Å². The minimum atomic E-state index is -4.60. The SMILES string of the molecule is CCC(C)[C@H](NC(CCc1ccccc1)P(=O)(O)O)C(=O)N[C@@H](Cc1c[nH]c2ccccc12)C(=O)O. The number of aliphatic carboxylic acids is 1. The highest BCUT2D eigenvalue weighted by Crippen LogP contribution is 2.42. The summed E-state index contributed by atoms with van der Waals surface area (Å²) in [6.07, 6.45) is 2.87. The number of aromatic amines is 1. The Kier molecular flexibility index (Phi) is 9.45. The highest BCUT2D eigenvalue weighted by atomic mass is 31.2. The molecule has 1 heterocycles. The zero-order valence-electron chi connectivity index (χ0n) is 20.4. The van der Waals surface area contributed by atoms with E-state index in [0.717, 1.165) is 22.0 Å². The fourth-order valence-corrected chi connectivity index (χ4v) is 5.04. The Hall–Kier alpha value is -2.97. The molecule has 6 N–H and O–H groups in total. The van der Waals surface area contributed by atoms with Gasteiger partial charge in [0.05, 0.1) is 6.04 Å². The lowest BCUT2D eigenvalue weighted by Crippen LogP contribution is -2.55. The summed E-state index contributed by atoms with van der Waals surface area (Å²) in [5.41, 5.74) is 2.54. The van der Waals surface area contributed by atoms with E-state index in [2.05, 4.69) is 15.6 Å². The zero-order chi connectivity index (χ0) is 26.3. The lowest BCUT2D eigenvalue weighted by Gasteiger charge is -2.30. The van der Waals surface area contributed by atoms with Gasteiger partial charge in [-0.25, -0.2) is 4.79 Å². The van der Waals surface area contributed by atoms with Gasteiger partial charge in [0, 0.05) is 23.5 Å². The van der Waals surface area contributed by atoms with Crippen LogP contribution in [-0.4, -0.2) is 49.6 Å². The van der Waals surface area contributed by atoms with Crippen molar-refractivity contribution in [2.45, 2.75) is 57.4 Å². The third kappa shape index (κ3) is 7.27. The largest absolute Gasteiger partial charge is 0.480 e. The number of benzene rings is 2. The summed E-state index contributed by atoms with van der Waals surface area (Å²) in [5, 5.41) is 16.2. The molecule has 194 valence electrons. The predicted octanol–water partition coefficient (Wildman–Crippen LogP) is 3.42. The molecule has 3 aromatic rings. The number of para-hydroxylation sites is 1. The number of hydrogen-bond acceptors (Lipinski definition) is 4. The normalized spacial score (nSPS) is 15.2. The van der Waals surface area contributed by atoms with Crippen molar-refractivity contribution in [1.29, 1.82) is 0 Å². The Morgan fingerprint density at radius 3 is 2.36 bits per heavy atom. The van der Waals surface area contributed by atoms with Crippen LogP contribution >= 0.6 is 7.60 Å². The topological polar surface area (TPSA) is 152 Å². The number of aromatic nitrogens is 1. The number of fused-ring (bicyclic) bond motifs is 1. The quantitative estimate of drug-likeness (QED) is 0.191. The molecule has 36 heavy (non-hydrogen) atoms. The third-order valence-electron chi connectivity index (χ3n) is 6.54. The molecule has 0 saturated carbocycles. The Morgan fingerprint density at radius 2 is 1.72 bits per heavy atom. The van der Waals surface area contributed by atoms with E-state index in [1.165, 1.54) is 0 Å². The molecule has 0 radical (unpaired) electrons. The molecule has 0 aliphatic rings. The predicted molar refractivity (Wildman–Crippen MR) is 139 cm³/mol. The van der Waals surface area contributed by atoms with E-state index in [1.54, 1.807) is 13.1 Å². The lowest BCUT2D eigenvalue weighted by molar-refractivity contribution is -0.142. The van der Waals surface area contributed by atoms with E-state index in [4.69, 9.17) is 0 Å². The summed E-state index contributed by atoms with van der Waals surface area (Å²) in [7, 11) is -4.60. The monoisotopic (exact) mass is 515 g/mol. The summed E-state index contributed by atoms with van der Waals surface area (Å²) in [4.78, 5) is 48.4. The second-order valence-corrected chi connectivity index (χ2v) is 10.9. The summed E-state index contributed by atoms with van der Waals surface area (Å²) in [5.74, 6) is -3.33. The van der Waals surface area contributed by atoms with E-state index in [-0.39, 0.29) is 18.8 Å². The highest BCUT2D eigenvalue weighted by molar-refractivity contribution is 7.52. The van der Waals surface area contributed by atoms with Gasteiger partial charge in [-0.3, -0.25) is 14.7 Å². The molecule has 0 aliphatic heterocycles. The maximum atomic E-state index is 13.3. The Morgan fingerprint density at radius 1 is 1.06 bits per heavy atom. The molecule has 1 amide bonds. The molecule has 0 fully saturated rings. The molecule has 0 aliphatic carbocycles. The molecule has 9 nitrogen and oxygen atoms in total. The highest BCUT2D eigenvalue weighted by Gasteiger charge is 2.36. The van der Waals surface area contributed by atoms with Crippen LogP contribution in [0.15, 0.2) is 60.8 Å². The fourth-order valence-electron chi connectivity index (χ4n) is 4.22. The molecule has 10 heteroatoms. The van der Waals surface area contributed by atoms with Crippen molar-refractivity contribution in [3.05, 3.63) is 71.9 Å². The van der Waals surface area contributed by atoms with Crippen molar-refractivity contribution >= 4 is 30.4 Å². The van der Waals surface area contributed by atoms with Crippen LogP contribution in [0.5, 0.6) is 0 Å². The molecule has 3 rings (SSSR count). The van der Waals surface area contributed by atoms with Gasteiger partial charge >= 0.3 is 13.6 Å². The van der Waals surface area contributed by atoms with Gasteiger partial charge in [0.2, 0.25) is 5.91 Å². The van der Waals surface area contributed by atoms with Gasteiger partial charge < -0.3 is 25.2 Å². The van der Waals surface area contributed by atoms with Crippen molar-refractivity contribution in [1.82, 2.24) is 15.6 Å². The number of rotatable bonds is 13. The molecule has 0 saturated heterocycles. The van der Waals surface area contributed by atoms with Gasteiger partial charge in [-0.2, -0.15) is 0 Å². The first-order valence-corrected chi connectivity index (χ1v) is 13.7. The van der Waals surface area contributed by atoms with Gasteiger partial charge in [-0.15, -0.1) is 0 Å². The number of carboxylic acids is 1. The maximum absolute atomic E-state index is 13.3. The van der Waals surface area contributed by atoms with Crippen LogP contribution in [0.25, 0.3) is 10.9 Å². The smallest absolute Gasteiger partial charge is 0.342 e. The molecule has 1 aromatic heterocycles. The Bertz CT molecular complexity index is 1210. The number of hydrogen-bond donors (Lipinski definition) is 6. The molecule has 4 atom stereocenters. The molecule has 0 spiro atoms. The number of nitrogens with one attached hydrogen (secondary N) is 3. The van der Waals surface area contributed by atoms with E-state index >= 15 is 0 Å². The van der Waals surface area contributed by atoms with Crippen LogP contribution in [0.4, 0.5) is 0 Å². The fraction of sp³-hybridized carbons (Fsp3) is 0.385. The summed E-state index contributed by atoms with van der Waals surface area (Å²) in [6, 6.07) is 14.6. The van der Waals surface area contributed by atoms with Gasteiger partial charge in [-0.05, 0) is 36.0 Å². The molecule has 2 aromatic carbocycles. The molecule has 2 unspecified atom stereocenters. The van der Waals surface area contributed by atoms with Crippen LogP contribution in [0.1, 0.15) is 37.8 Å². The summed E-state index contributed by atoms with van der Waals surface area (Å²) < 4.78 is 12.3. The van der Waals surface area contributed by atoms with Crippen LogP contribution in [0.3, 0.4) is 0 Å². The van der Waals surface area contributed by atoms with Gasteiger partial charge in [0.25, 0.3) is 0 Å². The molecular weight excluding hydrogens is 481 g/mol. The minimum absolute atomic E-state index is 0.0637.